The van der Waals surface area contributed by atoms with Crippen molar-refractivity contribution in [3.63, 3.8) is 0 Å². The fourth-order valence-electron chi connectivity index (χ4n) is 2.57. The van der Waals surface area contributed by atoms with Gasteiger partial charge in [-0.15, -0.1) is 0 Å². The van der Waals surface area contributed by atoms with Gasteiger partial charge in [0.2, 0.25) is 0 Å². The van der Waals surface area contributed by atoms with Crippen LogP contribution in [0.2, 0.25) is 0 Å². The topological polar surface area (TPSA) is 109 Å². The quantitative estimate of drug-likeness (QED) is 0.730. The minimum atomic E-state index is -0.592. The first-order chi connectivity index (χ1) is 10.6. The summed E-state index contributed by atoms with van der Waals surface area (Å²) in [5.41, 5.74) is -0.157. The first-order valence-electron chi connectivity index (χ1n) is 7.06. The van der Waals surface area contributed by atoms with Gasteiger partial charge in [-0.3, -0.25) is 4.79 Å². The van der Waals surface area contributed by atoms with Crippen LogP contribution >= 0.6 is 11.8 Å². The van der Waals surface area contributed by atoms with E-state index in [1.807, 2.05) is 0 Å². The highest BCUT2D eigenvalue weighted by molar-refractivity contribution is 8.03. The van der Waals surface area contributed by atoms with Crippen molar-refractivity contribution < 1.29 is 24.2 Å². The Hall–Kier alpha value is -1.72. The molecule has 0 saturated heterocycles. The number of methoxy groups -OCH3 is 1. The molecule has 3 unspecified atom stereocenters. The number of nitrogens with one attached hydrogen (secondary N) is 1. The Morgan fingerprint density at radius 1 is 1.50 bits per heavy atom. The molecule has 2 N–H and O–H groups in total. The predicted octanol–water partition coefficient (Wildman–Crippen LogP) is 0.651. The Labute approximate surface area is 132 Å². The van der Waals surface area contributed by atoms with E-state index in [-0.39, 0.29) is 28.6 Å². The van der Waals surface area contributed by atoms with Gasteiger partial charge in [0.25, 0.3) is 5.91 Å². The molecule has 0 spiro atoms. The van der Waals surface area contributed by atoms with Gasteiger partial charge in [0.05, 0.1) is 18.6 Å². The number of hydrogen-bond donors (Lipinski definition) is 2. The smallest absolute Gasteiger partial charge is 0.343 e. The molecule has 1 fully saturated rings. The van der Waals surface area contributed by atoms with Crippen LogP contribution in [-0.4, -0.2) is 42.2 Å². The highest BCUT2D eigenvalue weighted by Crippen LogP contribution is 2.38. The van der Waals surface area contributed by atoms with Gasteiger partial charge in [-0.25, -0.2) is 4.79 Å². The molecule has 0 aromatic rings. The molecular weight excluding hydrogens is 308 g/mol. The highest BCUT2D eigenvalue weighted by atomic mass is 32.2. The third kappa shape index (κ3) is 3.72. The zero-order valence-electron chi connectivity index (χ0n) is 12.2. The lowest BCUT2D eigenvalue weighted by Crippen LogP contribution is -2.46. The summed E-state index contributed by atoms with van der Waals surface area (Å²) < 4.78 is 9.75. The van der Waals surface area contributed by atoms with E-state index in [9.17, 15) is 14.7 Å². The fraction of sp³-hybridized carbons (Fsp3) is 0.643. The van der Waals surface area contributed by atoms with Crippen LogP contribution in [0.25, 0.3) is 0 Å². The SMILES string of the molecule is COC(=O)COC1=C(C#N)C(=O)NC(C2CCCCC2O)S1. The lowest BCUT2D eigenvalue weighted by Gasteiger charge is -2.36. The van der Waals surface area contributed by atoms with Crippen molar-refractivity contribution in [3.05, 3.63) is 10.7 Å². The Morgan fingerprint density at radius 2 is 2.23 bits per heavy atom. The number of hydrogen-bond acceptors (Lipinski definition) is 7. The van der Waals surface area contributed by atoms with E-state index in [2.05, 4.69) is 10.1 Å². The van der Waals surface area contributed by atoms with Crippen molar-refractivity contribution in [2.75, 3.05) is 13.7 Å². The molecule has 1 heterocycles. The number of carbonyl (C=O) groups is 2. The summed E-state index contributed by atoms with van der Waals surface area (Å²) in [6.07, 6.45) is 2.96. The minimum Gasteiger partial charge on any atom is -0.474 e. The zero-order valence-corrected chi connectivity index (χ0v) is 13.0. The van der Waals surface area contributed by atoms with Gasteiger partial charge < -0.3 is 19.9 Å². The van der Waals surface area contributed by atoms with Crippen LogP contribution in [0.5, 0.6) is 0 Å². The number of aliphatic hydroxyl groups excluding tert-OH is 1. The largest absolute Gasteiger partial charge is 0.474 e. The van der Waals surface area contributed by atoms with E-state index in [4.69, 9.17) is 10.00 Å². The van der Waals surface area contributed by atoms with Crippen molar-refractivity contribution in [3.8, 4) is 6.07 Å². The van der Waals surface area contributed by atoms with E-state index < -0.39 is 18.0 Å². The molecule has 1 amide bonds. The van der Waals surface area contributed by atoms with E-state index in [1.54, 1.807) is 6.07 Å². The molecule has 120 valence electrons. The van der Waals surface area contributed by atoms with E-state index in [0.29, 0.717) is 6.42 Å². The number of thioether (sulfide) groups is 1. The Bertz CT molecular complexity index is 528. The monoisotopic (exact) mass is 326 g/mol. The van der Waals surface area contributed by atoms with Crippen molar-refractivity contribution in [2.24, 2.45) is 5.92 Å². The summed E-state index contributed by atoms with van der Waals surface area (Å²) in [7, 11) is 1.23. The number of ether oxygens (including phenoxy) is 2. The summed E-state index contributed by atoms with van der Waals surface area (Å²) in [5.74, 6) is -1.23. The summed E-state index contributed by atoms with van der Waals surface area (Å²) >= 11 is 1.17. The molecule has 2 aliphatic rings. The number of rotatable bonds is 4. The molecule has 3 atom stereocenters. The second-order valence-electron chi connectivity index (χ2n) is 5.17. The molecule has 1 aliphatic heterocycles. The van der Waals surface area contributed by atoms with Gasteiger partial charge in [-0.2, -0.15) is 5.26 Å². The molecule has 0 radical (unpaired) electrons. The molecule has 2 rings (SSSR count). The van der Waals surface area contributed by atoms with Gasteiger partial charge in [0.15, 0.2) is 17.3 Å². The third-order valence-electron chi connectivity index (χ3n) is 3.77. The third-order valence-corrected chi connectivity index (χ3v) is 5.03. The van der Waals surface area contributed by atoms with Crippen molar-refractivity contribution in [1.29, 1.82) is 5.26 Å². The first-order valence-corrected chi connectivity index (χ1v) is 7.94. The van der Waals surface area contributed by atoms with Gasteiger partial charge in [0.1, 0.15) is 6.07 Å². The second-order valence-corrected chi connectivity index (χ2v) is 6.28. The number of carbonyl (C=O) groups excluding carboxylic acids is 2. The van der Waals surface area contributed by atoms with Crippen molar-refractivity contribution >= 4 is 23.6 Å². The van der Waals surface area contributed by atoms with Gasteiger partial charge in [-0.05, 0) is 12.8 Å². The van der Waals surface area contributed by atoms with E-state index in [1.165, 1.54) is 18.9 Å². The van der Waals surface area contributed by atoms with Crippen LogP contribution in [0.15, 0.2) is 10.7 Å². The maximum Gasteiger partial charge on any atom is 0.343 e. The van der Waals surface area contributed by atoms with Crippen molar-refractivity contribution in [2.45, 2.75) is 37.2 Å². The molecular formula is C14H18N2O5S. The number of esters is 1. The predicted molar refractivity (Wildman–Crippen MR) is 78.1 cm³/mol. The van der Waals surface area contributed by atoms with Crippen LogP contribution in [-0.2, 0) is 19.1 Å². The van der Waals surface area contributed by atoms with Crippen molar-refractivity contribution in [1.82, 2.24) is 5.32 Å². The summed E-state index contributed by atoms with van der Waals surface area (Å²) in [4.78, 5) is 23.2. The number of amides is 1. The number of nitriles is 1. The Morgan fingerprint density at radius 3 is 2.86 bits per heavy atom. The summed E-state index contributed by atoms with van der Waals surface area (Å²) in [6, 6.07) is 1.79. The Kier molecular flexibility index (Phi) is 5.69. The summed E-state index contributed by atoms with van der Waals surface area (Å²) in [6.45, 7) is -0.364. The van der Waals surface area contributed by atoms with Crippen LogP contribution in [0.4, 0.5) is 0 Å². The first kappa shape index (κ1) is 16.6. The van der Waals surface area contributed by atoms with E-state index >= 15 is 0 Å². The Balaban J connectivity index is 2.12. The number of aliphatic hydroxyl groups is 1. The molecule has 7 nitrogen and oxygen atoms in total. The normalized spacial score (nSPS) is 28.6. The van der Waals surface area contributed by atoms with Gasteiger partial charge in [-0.1, -0.05) is 24.6 Å². The molecule has 0 aromatic heterocycles. The van der Waals surface area contributed by atoms with Gasteiger partial charge in [0, 0.05) is 5.92 Å². The van der Waals surface area contributed by atoms with Crippen LogP contribution in [0.1, 0.15) is 25.7 Å². The zero-order chi connectivity index (χ0) is 16.1. The standard InChI is InChI=1S/C14H18N2O5S/c1-20-11(18)7-21-14-9(6-15)12(19)16-13(22-14)8-4-2-3-5-10(8)17/h8,10,13,17H,2-5,7H2,1H3,(H,16,19). The lowest BCUT2D eigenvalue weighted by molar-refractivity contribution is -0.144. The van der Waals surface area contributed by atoms with Crippen LogP contribution in [0, 0.1) is 17.2 Å². The average Bonchev–Trinajstić information content (AvgIpc) is 2.52. The molecule has 0 aromatic carbocycles. The second kappa shape index (κ2) is 7.51. The van der Waals surface area contributed by atoms with Crippen LogP contribution < -0.4 is 5.32 Å². The molecule has 0 bridgehead atoms. The minimum absolute atomic E-state index is 0.0975. The summed E-state index contributed by atoms with van der Waals surface area (Å²) in [5, 5.41) is 21.7. The number of nitrogens with zero attached hydrogens (tertiary/aromatic N) is 1. The van der Waals surface area contributed by atoms with Crippen LogP contribution in [0.3, 0.4) is 0 Å². The molecule has 22 heavy (non-hydrogen) atoms. The molecule has 8 heteroatoms. The molecule has 1 aliphatic carbocycles. The van der Waals surface area contributed by atoms with E-state index in [0.717, 1.165) is 19.3 Å². The molecule has 1 saturated carbocycles. The van der Waals surface area contributed by atoms with Gasteiger partial charge >= 0.3 is 5.97 Å². The maximum absolute atomic E-state index is 12.0. The lowest BCUT2D eigenvalue weighted by atomic mass is 9.86. The average molecular weight is 326 g/mol. The highest BCUT2D eigenvalue weighted by Gasteiger charge is 2.38. The fourth-order valence-corrected chi connectivity index (χ4v) is 3.84. The maximum atomic E-state index is 12.0.